The lowest BCUT2D eigenvalue weighted by molar-refractivity contribution is -0.00586. The van der Waals surface area contributed by atoms with Gasteiger partial charge in [-0.2, -0.15) is 0 Å². The maximum absolute atomic E-state index is 10.4. The Morgan fingerprint density at radius 1 is 0.762 bits per heavy atom. The molecule has 1 aliphatic carbocycles. The standard InChI is InChI=1S/C20H36O/c1-2-3-4-5-6-7-8-9-10-11-12-14-17-20(21)18-15-13-16-19-20/h21H,2-6,9-19H2,1H3. The van der Waals surface area contributed by atoms with Gasteiger partial charge in [-0.05, 0) is 32.1 Å². The van der Waals surface area contributed by atoms with Gasteiger partial charge < -0.3 is 5.11 Å². The molecule has 1 N–H and O–H groups in total. The Balaban J connectivity index is 1.87. The summed E-state index contributed by atoms with van der Waals surface area (Å²) >= 11 is 0. The van der Waals surface area contributed by atoms with Crippen LogP contribution in [0.25, 0.3) is 0 Å². The molecule has 0 heterocycles. The molecule has 0 unspecified atom stereocenters. The van der Waals surface area contributed by atoms with E-state index in [4.69, 9.17) is 0 Å². The summed E-state index contributed by atoms with van der Waals surface area (Å²) in [5.41, 5.74) is -0.309. The molecule has 1 nitrogen and oxygen atoms in total. The zero-order valence-electron chi connectivity index (χ0n) is 14.3. The Labute approximate surface area is 132 Å². The smallest absolute Gasteiger partial charge is 0.0647 e. The summed E-state index contributed by atoms with van der Waals surface area (Å²) in [5, 5.41) is 10.4. The molecular weight excluding hydrogens is 256 g/mol. The molecule has 122 valence electrons. The van der Waals surface area contributed by atoms with Gasteiger partial charge in [-0.3, -0.25) is 0 Å². The molecule has 0 atom stereocenters. The van der Waals surface area contributed by atoms with E-state index in [1.54, 1.807) is 0 Å². The largest absolute Gasteiger partial charge is 0.390 e. The van der Waals surface area contributed by atoms with Crippen LogP contribution in [0.15, 0.2) is 0 Å². The molecule has 0 saturated heterocycles. The molecule has 1 rings (SSSR count). The van der Waals surface area contributed by atoms with Crippen LogP contribution in [-0.2, 0) is 0 Å². The minimum atomic E-state index is -0.309. The highest BCUT2D eigenvalue weighted by atomic mass is 16.3. The average Bonchev–Trinajstić information content (AvgIpc) is 2.49. The van der Waals surface area contributed by atoms with E-state index >= 15 is 0 Å². The average molecular weight is 293 g/mol. The minimum absolute atomic E-state index is 0.309. The third-order valence-electron chi connectivity index (χ3n) is 4.76. The van der Waals surface area contributed by atoms with Crippen molar-refractivity contribution in [2.75, 3.05) is 0 Å². The van der Waals surface area contributed by atoms with Crippen LogP contribution in [0.3, 0.4) is 0 Å². The molecule has 0 aromatic rings. The van der Waals surface area contributed by atoms with E-state index in [2.05, 4.69) is 18.8 Å². The SMILES string of the molecule is CCCCCCC#CCCCCCCC1(O)CCCCC1. The first-order chi connectivity index (χ1) is 10.3. The van der Waals surface area contributed by atoms with Gasteiger partial charge in [-0.25, -0.2) is 0 Å². The first kappa shape index (κ1) is 18.6. The molecule has 0 spiro atoms. The van der Waals surface area contributed by atoms with Gasteiger partial charge in [-0.15, -0.1) is 11.8 Å². The van der Waals surface area contributed by atoms with Crippen molar-refractivity contribution < 1.29 is 5.11 Å². The zero-order chi connectivity index (χ0) is 15.2. The normalized spacial score (nSPS) is 17.2. The quantitative estimate of drug-likeness (QED) is 0.387. The van der Waals surface area contributed by atoms with E-state index in [0.29, 0.717) is 0 Å². The van der Waals surface area contributed by atoms with Gasteiger partial charge in [0, 0.05) is 12.8 Å². The molecule has 21 heavy (non-hydrogen) atoms. The molecule has 0 radical (unpaired) electrons. The fraction of sp³-hybridized carbons (Fsp3) is 0.900. The van der Waals surface area contributed by atoms with Crippen LogP contribution in [0.4, 0.5) is 0 Å². The molecule has 0 aromatic carbocycles. The monoisotopic (exact) mass is 292 g/mol. The molecule has 0 amide bonds. The summed E-state index contributed by atoms with van der Waals surface area (Å²) in [4.78, 5) is 0. The topological polar surface area (TPSA) is 20.2 Å². The van der Waals surface area contributed by atoms with Gasteiger partial charge >= 0.3 is 0 Å². The van der Waals surface area contributed by atoms with Gasteiger partial charge in [0.1, 0.15) is 0 Å². The summed E-state index contributed by atoms with van der Waals surface area (Å²) in [5.74, 6) is 6.61. The van der Waals surface area contributed by atoms with E-state index < -0.39 is 0 Å². The lowest BCUT2D eigenvalue weighted by atomic mass is 9.81. The van der Waals surface area contributed by atoms with Crippen molar-refractivity contribution >= 4 is 0 Å². The van der Waals surface area contributed by atoms with Crippen molar-refractivity contribution in [3.63, 3.8) is 0 Å². The van der Waals surface area contributed by atoms with Crippen LogP contribution in [-0.4, -0.2) is 10.7 Å². The van der Waals surface area contributed by atoms with E-state index in [1.165, 1.54) is 70.6 Å². The second-order valence-corrected chi connectivity index (χ2v) is 6.86. The van der Waals surface area contributed by atoms with Crippen LogP contribution < -0.4 is 0 Å². The third-order valence-corrected chi connectivity index (χ3v) is 4.76. The van der Waals surface area contributed by atoms with Crippen molar-refractivity contribution in [2.24, 2.45) is 0 Å². The van der Waals surface area contributed by atoms with Crippen molar-refractivity contribution in [2.45, 2.75) is 115 Å². The second-order valence-electron chi connectivity index (χ2n) is 6.86. The van der Waals surface area contributed by atoms with E-state index in [9.17, 15) is 5.11 Å². The van der Waals surface area contributed by atoms with E-state index in [0.717, 1.165) is 32.1 Å². The second kappa shape index (κ2) is 12.1. The van der Waals surface area contributed by atoms with Crippen LogP contribution in [0.1, 0.15) is 110 Å². The summed E-state index contributed by atoms with van der Waals surface area (Å²) in [6, 6.07) is 0. The van der Waals surface area contributed by atoms with Gasteiger partial charge in [0.05, 0.1) is 5.60 Å². The molecule has 1 saturated carbocycles. The predicted octanol–water partition coefficient (Wildman–Crippen LogP) is 6.00. The molecule has 1 heteroatoms. The van der Waals surface area contributed by atoms with Gasteiger partial charge in [-0.1, -0.05) is 64.7 Å². The molecule has 1 aliphatic rings. The Hall–Kier alpha value is -0.480. The van der Waals surface area contributed by atoms with Crippen LogP contribution >= 0.6 is 0 Å². The fourth-order valence-electron chi connectivity index (χ4n) is 3.30. The number of hydrogen-bond donors (Lipinski definition) is 1. The third kappa shape index (κ3) is 9.97. The zero-order valence-corrected chi connectivity index (χ0v) is 14.3. The summed E-state index contributed by atoms with van der Waals surface area (Å²) in [7, 11) is 0. The highest BCUT2D eigenvalue weighted by molar-refractivity contribution is 4.98. The van der Waals surface area contributed by atoms with Crippen molar-refractivity contribution in [1.82, 2.24) is 0 Å². The Bertz CT molecular complexity index is 291. The number of rotatable bonds is 10. The van der Waals surface area contributed by atoms with Crippen molar-refractivity contribution in [3.05, 3.63) is 0 Å². The summed E-state index contributed by atoms with van der Waals surface area (Å²) in [6.07, 6.45) is 19.3. The first-order valence-corrected chi connectivity index (χ1v) is 9.45. The highest BCUT2D eigenvalue weighted by Gasteiger charge is 2.27. The Morgan fingerprint density at radius 3 is 1.95 bits per heavy atom. The maximum atomic E-state index is 10.4. The Kier molecular flexibility index (Phi) is 10.7. The van der Waals surface area contributed by atoms with E-state index in [-0.39, 0.29) is 5.60 Å². The number of hydrogen-bond acceptors (Lipinski definition) is 1. The number of aliphatic hydroxyl groups is 1. The maximum Gasteiger partial charge on any atom is 0.0647 e. The molecule has 0 aliphatic heterocycles. The van der Waals surface area contributed by atoms with Crippen LogP contribution in [0, 0.1) is 11.8 Å². The highest BCUT2D eigenvalue weighted by Crippen LogP contribution is 2.32. The molecule has 0 aromatic heterocycles. The van der Waals surface area contributed by atoms with Crippen LogP contribution in [0.2, 0.25) is 0 Å². The molecule has 0 bridgehead atoms. The summed E-state index contributed by atoms with van der Waals surface area (Å²) in [6.45, 7) is 2.25. The molecule has 1 fully saturated rings. The fourth-order valence-corrected chi connectivity index (χ4v) is 3.30. The minimum Gasteiger partial charge on any atom is -0.390 e. The summed E-state index contributed by atoms with van der Waals surface area (Å²) < 4.78 is 0. The van der Waals surface area contributed by atoms with Gasteiger partial charge in [0.2, 0.25) is 0 Å². The van der Waals surface area contributed by atoms with Crippen molar-refractivity contribution in [1.29, 1.82) is 0 Å². The van der Waals surface area contributed by atoms with Gasteiger partial charge in [0.15, 0.2) is 0 Å². The Morgan fingerprint density at radius 2 is 1.33 bits per heavy atom. The lowest BCUT2D eigenvalue weighted by Crippen LogP contribution is -2.30. The van der Waals surface area contributed by atoms with Gasteiger partial charge in [0.25, 0.3) is 0 Å². The lowest BCUT2D eigenvalue weighted by Gasteiger charge is -2.32. The van der Waals surface area contributed by atoms with Crippen LogP contribution in [0.5, 0.6) is 0 Å². The number of unbranched alkanes of at least 4 members (excludes halogenated alkanes) is 8. The molecular formula is C20H36O. The van der Waals surface area contributed by atoms with Crippen molar-refractivity contribution in [3.8, 4) is 11.8 Å². The predicted molar refractivity (Wildman–Crippen MR) is 92.3 cm³/mol. The van der Waals surface area contributed by atoms with E-state index in [1.807, 2.05) is 0 Å². The first-order valence-electron chi connectivity index (χ1n) is 9.45.